The fraction of sp³-hybridized carbons (Fsp3) is 0.938. The lowest BCUT2D eigenvalue weighted by Crippen LogP contribution is -2.43. The van der Waals surface area contributed by atoms with Crippen molar-refractivity contribution < 1.29 is 14.6 Å². The van der Waals surface area contributed by atoms with Crippen LogP contribution < -0.4 is 5.32 Å². The lowest BCUT2D eigenvalue weighted by atomic mass is 9.82. The van der Waals surface area contributed by atoms with Gasteiger partial charge in [0.05, 0.1) is 25.2 Å². The Morgan fingerprint density at radius 3 is 2.62 bits per heavy atom. The van der Waals surface area contributed by atoms with E-state index in [0.29, 0.717) is 0 Å². The summed E-state index contributed by atoms with van der Waals surface area (Å²) in [6, 6.07) is 0.160. The van der Waals surface area contributed by atoms with E-state index in [1.54, 1.807) is 0 Å². The van der Waals surface area contributed by atoms with Crippen LogP contribution in [0.4, 0.5) is 0 Å². The second-order valence-electron chi connectivity index (χ2n) is 6.67. The largest absolute Gasteiger partial charge is 0.389 e. The maximum absolute atomic E-state index is 12.1. The lowest BCUT2D eigenvalue weighted by Gasteiger charge is -2.32. The molecule has 5 nitrogen and oxygen atoms in total. The summed E-state index contributed by atoms with van der Waals surface area (Å²) in [4.78, 5) is 14.4. The average Bonchev–Trinajstić information content (AvgIpc) is 2.46. The highest BCUT2D eigenvalue weighted by Gasteiger charge is 2.31. The zero-order valence-corrected chi connectivity index (χ0v) is 13.3. The topological polar surface area (TPSA) is 61.8 Å². The van der Waals surface area contributed by atoms with Crippen molar-refractivity contribution in [2.75, 3.05) is 32.8 Å². The van der Waals surface area contributed by atoms with Crippen molar-refractivity contribution in [1.29, 1.82) is 0 Å². The van der Waals surface area contributed by atoms with Crippen LogP contribution in [0.1, 0.15) is 51.9 Å². The quantitative estimate of drug-likeness (QED) is 0.776. The van der Waals surface area contributed by atoms with Crippen LogP contribution in [0.2, 0.25) is 0 Å². The van der Waals surface area contributed by atoms with Gasteiger partial charge in [0.2, 0.25) is 5.91 Å². The molecule has 1 amide bonds. The Morgan fingerprint density at radius 1 is 1.29 bits per heavy atom. The first-order valence-electron chi connectivity index (χ1n) is 8.39. The van der Waals surface area contributed by atoms with Gasteiger partial charge in [-0.1, -0.05) is 19.3 Å². The first-order chi connectivity index (χ1) is 10.1. The van der Waals surface area contributed by atoms with E-state index in [1.165, 1.54) is 6.42 Å². The van der Waals surface area contributed by atoms with Crippen LogP contribution in [0.25, 0.3) is 0 Å². The van der Waals surface area contributed by atoms with Gasteiger partial charge in [-0.15, -0.1) is 0 Å². The summed E-state index contributed by atoms with van der Waals surface area (Å²) in [6.45, 7) is 6.64. The number of carbonyl (C=O) groups is 1. The lowest BCUT2D eigenvalue weighted by molar-refractivity contribution is -0.128. The summed E-state index contributed by atoms with van der Waals surface area (Å²) in [5, 5.41) is 13.4. The minimum Gasteiger partial charge on any atom is -0.389 e. The van der Waals surface area contributed by atoms with Gasteiger partial charge in [-0.2, -0.15) is 0 Å². The molecule has 1 aliphatic carbocycles. The molecule has 5 heteroatoms. The SMILES string of the molecule is C[C@H](CCN1CCOCC1)NC(=O)CC1(O)CCCCC1. The summed E-state index contributed by atoms with van der Waals surface area (Å²) in [6.07, 6.45) is 6.00. The van der Waals surface area contributed by atoms with E-state index in [-0.39, 0.29) is 18.4 Å². The summed E-state index contributed by atoms with van der Waals surface area (Å²) < 4.78 is 5.33. The highest BCUT2D eigenvalue weighted by Crippen LogP contribution is 2.30. The van der Waals surface area contributed by atoms with Crippen molar-refractivity contribution in [3.05, 3.63) is 0 Å². The zero-order chi connectivity index (χ0) is 15.1. The highest BCUT2D eigenvalue weighted by atomic mass is 16.5. The Hall–Kier alpha value is -0.650. The van der Waals surface area contributed by atoms with Crippen LogP contribution in [-0.2, 0) is 9.53 Å². The van der Waals surface area contributed by atoms with E-state index < -0.39 is 5.60 Å². The van der Waals surface area contributed by atoms with Crippen LogP contribution in [0.3, 0.4) is 0 Å². The number of hydrogen-bond donors (Lipinski definition) is 2. The Kier molecular flexibility index (Phi) is 6.45. The molecule has 2 N–H and O–H groups in total. The molecule has 1 saturated heterocycles. The average molecular weight is 298 g/mol. The summed E-state index contributed by atoms with van der Waals surface area (Å²) in [5.74, 6) is -0.00567. The van der Waals surface area contributed by atoms with E-state index in [9.17, 15) is 9.90 Å². The number of morpholine rings is 1. The third-order valence-electron chi connectivity index (χ3n) is 4.66. The van der Waals surface area contributed by atoms with Gasteiger partial charge >= 0.3 is 0 Å². The molecule has 0 spiro atoms. The minimum atomic E-state index is -0.758. The molecule has 1 atom stereocenters. The van der Waals surface area contributed by atoms with Crippen LogP contribution in [0.15, 0.2) is 0 Å². The molecule has 122 valence electrons. The first-order valence-corrected chi connectivity index (χ1v) is 8.39. The number of nitrogens with one attached hydrogen (secondary N) is 1. The third-order valence-corrected chi connectivity index (χ3v) is 4.66. The molecular weight excluding hydrogens is 268 g/mol. The molecule has 0 aromatic carbocycles. The Morgan fingerprint density at radius 2 is 1.95 bits per heavy atom. The van der Waals surface area contributed by atoms with Crippen LogP contribution in [0, 0.1) is 0 Å². The van der Waals surface area contributed by atoms with Crippen molar-refractivity contribution >= 4 is 5.91 Å². The molecule has 1 saturated carbocycles. The van der Waals surface area contributed by atoms with Crippen molar-refractivity contribution in [2.45, 2.75) is 63.5 Å². The van der Waals surface area contributed by atoms with E-state index in [2.05, 4.69) is 10.2 Å². The van der Waals surface area contributed by atoms with Gasteiger partial charge in [-0.3, -0.25) is 9.69 Å². The van der Waals surface area contributed by atoms with Crippen LogP contribution in [0.5, 0.6) is 0 Å². The predicted molar refractivity (Wildman–Crippen MR) is 82.1 cm³/mol. The molecule has 2 fully saturated rings. The predicted octanol–water partition coefficient (Wildman–Crippen LogP) is 1.30. The molecular formula is C16H30N2O3. The first kappa shape index (κ1) is 16.7. The van der Waals surface area contributed by atoms with Gasteiger partial charge in [-0.05, 0) is 26.2 Å². The van der Waals surface area contributed by atoms with Gasteiger partial charge in [0.1, 0.15) is 0 Å². The zero-order valence-electron chi connectivity index (χ0n) is 13.3. The second-order valence-corrected chi connectivity index (χ2v) is 6.67. The van der Waals surface area contributed by atoms with Crippen molar-refractivity contribution in [3.8, 4) is 0 Å². The minimum absolute atomic E-state index is 0.00567. The maximum Gasteiger partial charge on any atom is 0.223 e. The third kappa shape index (κ3) is 5.93. The van der Waals surface area contributed by atoms with Crippen LogP contribution in [-0.4, -0.2) is 60.4 Å². The number of hydrogen-bond acceptors (Lipinski definition) is 4. The van der Waals surface area contributed by atoms with E-state index in [4.69, 9.17) is 4.74 Å². The maximum atomic E-state index is 12.1. The fourth-order valence-electron chi connectivity index (χ4n) is 3.28. The normalized spacial score (nSPS) is 24.5. The van der Waals surface area contributed by atoms with Gasteiger partial charge in [0.15, 0.2) is 0 Å². The monoisotopic (exact) mass is 298 g/mol. The van der Waals surface area contributed by atoms with Crippen molar-refractivity contribution in [2.24, 2.45) is 0 Å². The van der Waals surface area contributed by atoms with E-state index in [0.717, 1.165) is 65.0 Å². The number of aliphatic hydroxyl groups is 1. The highest BCUT2D eigenvalue weighted by molar-refractivity contribution is 5.77. The van der Waals surface area contributed by atoms with Gasteiger partial charge < -0.3 is 15.2 Å². The van der Waals surface area contributed by atoms with E-state index in [1.807, 2.05) is 6.92 Å². The Labute approximate surface area is 128 Å². The van der Waals surface area contributed by atoms with Gasteiger partial charge in [0, 0.05) is 25.7 Å². The molecule has 0 radical (unpaired) electrons. The molecule has 0 bridgehead atoms. The fourth-order valence-corrected chi connectivity index (χ4v) is 3.28. The summed E-state index contributed by atoms with van der Waals surface area (Å²) in [5.41, 5.74) is -0.758. The van der Waals surface area contributed by atoms with Gasteiger partial charge in [-0.25, -0.2) is 0 Å². The van der Waals surface area contributed by atoms with Crippen LogP contribution >= 0.6 is 0 Å². The summed E-state index contributed by atoms with van der Waals surface area (Å²) in [7, 11) is 0. The van der Waals surface area contributed by atoms with Crippen molar-refractivity contribution in [3.63, 3.8) is 0 Å². The molecule has 1 aliphatic heterocycles. The number of ether oxygens (including phenoxy) is 1. The second kappa shape index (κ2) is 8.11. The Bertz CT molecular complexity index is 323. The molecule has 21 heavy (non-hydrogen) atoms. The van der Waals surface area contributed by atoms with Crippen molar-refractivity contribution in [1.82, 2.24) is 10.2 Å². The molecule has 0 unspecified atom stereocenters. The smallest absolute Gasteiger partial charge is 0.223 e. The molecule has 0 aromatic heterocycles. The molecule has 1 heterocycles. The number of amides is 1. The standard InChI is InChI=1S/C16H30N2O3/c1-14(5-8-18-9-11-21-12-10-18)17-15(19)13-16(20)6-3-2-4-7-16/h14,20H,2-13H2,1H3,(H,17,19)/t14-/m1/s1. The molecule has 0 aromatic rings. The van der Waals surface area contributed by atoms with E-state index >= 15 is 0 Å². The number of carbonyl (C=O) groups excluding carboxylic acids is 1. The van der Waals surface area contributed by atoms with Gasteiger partial charge in [0.25, 0.3) is 0 Å². The summed E-state index contributed by atoms with van der Waals surface area (Å²) >= 11 is 0. The number of nitrogens with zero attached hydrogens (tertiary/aromatic N) is 1. The molecule has 2 rings (SSSR count). The Balaban J connectivity index is 1.64. The number of rotatable bonds is 6. The molecule has 2 aliphatic rings.